The first-order valence-electron chi connectivity index (χ1n) is 4.97. The Bertz CT molecular complexity index is 543. The summed E-state index contributed by atoms with van der Waals surface area (Å²) >= 11 is 3.20. The van der Waals surface area contributed by atoms with Crippen LogP contribution >= 0.6 is 15.9 Å². The molecule has 1 rings (SSSR count). The molecule has 0 fully saturated rings. The lowest BCUT2D eigenvalue weighted by Gasteiger charge is -2.06. The predicted molar refractivity (Wildman–Crippen MR) is 70.9 cm³/mol. The Morgan fingerprint density at radius 3 is 2.61 bits per heavy atom. The van der Waals surface area contributed by atoms with Gasteiger partial charge in [-0.05, 0) is 11.6 Å². The van der Waals surface area contributed by atoms with Gasteiger partial charge in [0.2, 0.25) is 0 Å². The fourth-order valence-corrected chi connectivity index (χ4v) is 1.95. The first kappa shape index (κ1) is 14.9. The lowest BCUT2D eigenvalue weighted by atomic mass is 10.2. The van der Waals surface area contributed by atoms with E-state index in [0.29, 0.717) is 5.33 Å². The Morgan fingerprint density at radius 1 is 1.44 bits per heavy atom. The minimum absolute atomic E-state index is 0.0772. The summed E-state index contributed by atoms with van der Waals surface area (Å²) in [5.41, 5.74) is 0.581. The summed E-state index contributed by atoms with van der Waals surface area (Å²) < 4.78 is 27.0. The molecule has 0 atom stereocenters. The van der Waals surface area contributed by atoms with Crippen LogP contribution in [-0.2, 0) is 15.2 Å². The van der Waals surface area contributed by atoms with E-state index in [-0.39, 0.29) is 23.8 Å². The molecule has 0 amide bonds. The van der Waals surface area contributed by atoms with Gasteiger partial charge in [-0.1, -0.05) is 22.0 Å². The first-order chi connectivity index (χ1) is 8.33. The van der Waals surface area contributed by atoms with Crippen LogP contribution in [-0.4, -0.2) is 32.0 Å². The fourth-order valence-electron chi connectivity index (χ4n) is 1.21. The van der Waals surface area contributed by atoms with Gasteiger partial charge in [-0.15, -0.1) is 0 Å². The van der Waals surface area contributed by atoms with E-state index in [9.17, 15) is 18.5 Å². The van der Waals surface area contributed by atoms with Gasteiger partial charge in [0.25, 0.3) is 0 Å². The third kappa shape index (κ3) is 4.61. The molecule has 6 nitrogen and oxygen atoms in total. The van der Waals surface area contributed by atoms with Crippen LogP contribution in [0.25, 0.3) is 0 Å². The molecule has 0 saturated heterocycles. The Labute approximate surface area is 113 Å². The third-order valence-corrected chi connectivity index (χ3v) is 3.64. The highest BCUT2D eigenvalue weighted by atomic mass is 79.9. The van der Waals surface area contributed by atoms with Crippen molar-refractivity contribution >= 4 is 31.5 Å². The summed E-state index contributed by atoms with van der Waals surface area (Å²) in [6.07, 6.45) is 1.08. The zero-order valence-corrected chi connectivity index (χ0v) is 12.0. The molecule has 0 saturated carbocycles. The van der Waals surface area contributed by atoms with Crippen LogP contribution in [0.3, 0.4) is 0 Å². The molecule has 0 aliphatic carbocycles. The molecule has 0 bridgehead atoms. The molecule has 0 aliphatic rings. The van der Waals surface area contributed by atoms with Crippen LogP contribution < -0.4 is 4.74 Å². The first-order valence-corrected chi connectivity index (χ1v) is 8.15. The van der Waals surface area contributed by atoms with Crippen LogP contribution in [0.15, 0.2) is 18.2 Å². The van der Waals surface area contributed by atoms with Crippen LogP contribution in [0.1, 0.15) is 5.56 Å². The lowest BCUT2D eigenvalue weighted by molar-refractivity contribution is -0.385. The molecule has 0 N–H and O–H groups in total. The summed E-state index contributed by atoms with van der Waals surface area (Å²) in [6, 6.07) is 4.54. The number of nitrogens with zero attached hydrogens (tertiary/aromatic N) is 1. The number of halogens is 1. The molecule has 0 unspecified atom stereocenters. The maximum absolute atomic E-state index is 10.9. The van der Waals surface area contributed by atoms with Gasteiger partial charge in [0.05, 0.1) is 10.7 Å². The Balaban J connectivity index is 2.85. The van der Waals surface area contributed by atoms with E-state index in [1.54, 1.807) is 6.07 Å². The number of alkyl halides is 1. The fraction of sp³-hybridized carbons (Fsp3) is 0.400. The van der Waals surface area contributed by atoms with Gasteiger partial charge < -0.3 is 4.74 Å². The van der Waals surface area contributed by atoms with Crippen LogP contribution in [0, 0.1) is 10.1 Å². The standard InChI is InChI=1S/C10H12BrNO5S/c1-18(15,16)5-4-17-10-3-2-8(7-11)6-9(10)12(13)14/h2-3,6H,4-5,7H2,1H3. The highest BCUT2D eigenvalue weighted by Crippen LogP contribution is 2.28. The van der Waals surface area contributed by atoms with E-state index in [0.717, 1.165) is 11.8 Å². The Kier molecular flexibility index (Phi) is 5.09. The van der Waals surface area contributed by atoms with E-state index < -0.39 is 14.8 Å². The van der Waals surface area contributed by atoms with Gasteiger partial charge in [0, 0.05) is 17.7 Å². The van der Waals surface area contributed by atoms with Crippen molar-refractivity contribution in [1.82, 2.24) is 0 Å². The number of hydrogen-bond donors (Lipinski definition) is 0. The molecule has 1 aromatic carbocycles. The van der Waals surface area contributed by atoms with Gasteiger partial charge in [-0.3, -0.25) is 10.1 Å². The number of hydrogen-bond acceptors (Lipinski definition) is 5. The Morgan fingerprint density at radius 2 is 2.11 bits per heavy atom. The number of benzene rings is 1. The van der Waals surface area contributed by atoms with Crippen molar-refractivity contribution in [3.63, 3.8) is 0 Å². The molecule has 100 valence electrons. The number of nitro groups is 1. The topological polar surface area (TPSA) is 86.5 Å². The smallest absolute Gasteiger partial charge is 0.311 e. The SMILES string of the molecule is CS(=O)(=O)CCOc1ccc(CBr)cc1[N+](=O)[O-]. The van der Waals surface area contributed by atoms with E-state index in [1.165, 1.54) is 12.1 Å². The van der Waals surface area contributed by atoms with E-state index in [4.69, 9.17) is 4.74 Å². The number of sulfone groups is 1. The summed E-state index contributed by atoms with van der Waals surface area (Å²) in [5, 5.41) is 11.3. The van der Waals surface area contributed by atoms with E-state index in [2.05, 4.69) is 15.9 Å². The molecular formula is C10H12BrNO5S. The van der Waals surface area contributed by atoms with Crippen molar-refractivity contribution < 1.29 is 18.1 Å². The number of nitro benzene ring substituents is 1. The van der Waals surface area contributed by atoms with Gasteiger partial charge in [0.1, 0.15) is 6.61 Å². The summed E-state index contributed by atoms with van der Waals surface area (Å²) in [5.74, 6) is -0.0991. The predicted octanol–water partition coefficient (Wildman–Crippen LogP) is 1.91. The zero-order chi connectivity index (χ0) is 13.8. The monoisotopic (exact) mass is 337 g/mol. The normalized spacial score (nSPS) is 11.2. The van der Waals surface area contributed by atoms with Gasteiger partial charge in [0.15, 0.2) is 15.6 Å². The van der Waals surface area contributed by atoms with E-state index >= 15 is 0 Å². The number of ether oxygens (including phenoxy) is 1. The summed E-state index contributed by atoms with van der Waals surface area (Å²) in [7, 11) is -3.14. The molecular weight excluding hydrogens is 326 g/mol. The molecule has 0 radical (unpaired) electrons. The zero-order valence-electron chi connectivity index (χ0n) is 9.63. The van der Waals surface area contributed by atoms with Crippen molar-refractivity contribution in [1.29, 1.82) is 0 Å². The largest absolute Gasteiger partial charge is 0.486 e. The second kappa shape index (κ2) is 6.14. The van der Waals surface area contributed by atoms with Gasteiger partial charge in [-0.2, -0.15) is 0 Å². The number of rotatable bonds is 6. The summed E-state index contributed by atoms with van der Waals surface area (Å²) in [6.45, 7) is -0.104. The molecule has 18 heavy (non-hydrogen) atoms. The van der Waals surface area contributed by atoms with Gasteiger partial charge >= 0.3 is 5.69 Å². The summed E-state index contributed by atoms with van der Waals surface area (Å²) in [4.78, 5) is 10.3. The van der Waals surface area contributed by atoms with Gasteiger partial charge in [-0.25, -0.2) is 8.42 Å². The van der Waals surface area contributed by atoms with Crippen LogP contribution in [0.4, 0.5) is 5.69 Å². The highest BCUT2D eigenvalue weighted by molar-refractivity contribution is 9.08. The van der Waals surface area contributed by atoms with Crippen LogP contribution in [0.5, 0.6) is 5.75 Å². The molecule has 0 spiro atoms. The van der Waals surface area contributed by atoms with Crippen molar-refractivity contribution in [3.8, 4) is 5.75 Å². The minimum atomic E-state index is -3.14. The molecule has 1 aromatic rings. The Hall–Kier alpha value is -1.15. The van der Waals surface area contributed by atoms with E-state index in [1.807, 2.05) is 0 Å². The molecule has 0 aromatic heterocycles. The maximum Gasteiger partial charge on any atom is 0.311 e. The second-order valence-corrected chi connectivity index (χ2v) is 6.49. The quantitative estimate of drug-likeness (QED) is 0.449. The second-order valence-electron chi connectivity index (χ2n) is 3.67. The lowest BCUT2D eigenvalue weighted by Crippen LogP contribution is -2.12. The average molecular weight is 338 g/mol. The molecule has 0 aliphatic heterocycles. The van der Waals surface area contributed by atoms with Crippen molar-refractivity contribution in [2.24, 2.45) is 0 Å². The minimum Gasteiger partial charge on any atom is -0.486 e. The van der Waals surface area contributed by atoms with Crippen molar-refractivity contribution in [2.45, 2.75) is 5.33 Å². The third-order valence-electron chi connectivity index (χ3n) is 2.09. The average Bonchev–Trinajstić information content (AvgIpc) is 2.27. The van der Waals surface area contributed by atoms with Crippen LogP contribution in [0.2, 0.25) is 0 Å². The molecule has 0 heterocycles. The van der Waals surface area contributed by atoms with Crippen molar-refractivity contribution in [3.05, 3.63) is 33.9 Å². The highest BCUT2D eigenvalue weighted by Gasteiger charge is 2.16. The van der Waals surface area contributed by atoms with Crippen molar-refractivity contribution in [2.75, 3.05) is 18.6 Å². The maximum atomic E-state index is 10.9. The molecule has 8 heteroatoms.